The van der Waals surface area contributed by atoms with E-state index in [1.165, 1.54) is 51.7 Å². The Bertz CT molecular complexity index is 938. The molecule has 0 radical (unpaired) electrons. The van der Waals surface area contributed by atoms with Crippen LogP contribution >= 0.6 is 0 Å². The fourth-order valence-electron chi connectivity index (χ4n) is 2.39. The van der Waals surface area contributed by atoms with Crippen molar-refractivity contribution in [3.05, 3.63) is 53.1 Å². The molecule has 9 nitrogen and oxygen atoms in total. The largest absolute Gasteiger partial charge is 0.497 e. The van der Waals surface area contributed by atoms with Gasteiger partial charge in [0.1, 0.15) is 11.5 Å². The lowest BCUT2D eigenvalue weighted by molar-refractivity contribution is -0.118. The van der Waals surface area contributed by atoms with Gasteiger partial charge >= 0.3 is 11.9 Å². The van der Waals surface area contributed by atoms with Gasteiger partial charge in [-0.05, 0) is 36.4 Å². The first-order valence-electron chi connectivity index (χ1n) is 8.30. The molecule has 1 amide bonds. The normalized spacial score (nSPS) is 9.90. The van der Waals surface area contributed by atoms with Crippen LogP contribution in [0.2, 0.25) is 0 Å². The number of anilines is 1. The Hall–Kier alpha value is -3.88. The van der Waals surface area contributed by atoms with Crippen molar-refractivity contribution in [2.45, 2.75) is 0 Å². The molecular weight excluding hydrogens is 382 g/mol. The number of carbonyl (C=O) groups is 4. The Kier molecular flexibility index (Phi) is 7.30. The molecule has 152 valence electrons. The summed E-state index contributed by atoms with van der Waals surface area (Å²) in [6, 6.07) is 8.54. The molecular formula is C20H19NO8. The topological polar surface area (TPSA) is 117 Å². The second kappa shape index (κ2) is 9.88. The average molecular weight is 401 g/mol. The molecule has 0 spiro atoms. The second-order valence-corrected chi connectivity index (χ2v) is 5.60. The van der Waals surface area contributed by atoms with Crippen LogP contribution in [-0.2, 0) is 14.3 Å². The van der Waals surface area contributed by atoms with E-state index >= 15 is 0 Å². The molecule has 0 bridgehead atoms. The van der Waals surface area contributed by atoms with Gasteiger partial charge in [-0.15, -0.1) is 0 Å². The van der Waals surface area contributed by atoms with Crippen LogP contribution in [0.3, 0.4) is 0 Å². The van der Waals surface area contributed by atoms with Crippen LogP contribution in [0.4, 0.5) is 5.69 Å². The minimum absolute atomic E-state index is 0.0477. The molecule has 0 unspecified atom stereocenters. The number of hydrogen-bond donors (Lipinski definition) is 1. The molecule has 2 rings (SSSR count). The summed E-state index contributed by atoms with van der Waals surface area (Å²) in [4.78, 5) is 47.1. The lowest BCUT2D eigenvalue weighted by atomic mass is 10.1. The highest BCUT2D eigenvalue weighted by atomic mass is 16.5. The molecule has 0 aliphatic carbocycles. The molecule has 0 heterocycles. The fourth-order valence-corrected chi connectivity index (χ4v) is 2.39. The lowest BCUT2D eigenvalue weighted by Gasteiger charge is -2.13. The monoisotopic (exact) mass is 401 g/mol. The number of rotatable bonds is 8. The Morgan fingerprint density at radius 3 is 2.31 bits per heavy atom. The zero-order valence-corrected chi connectivity index (χ0v) is 16.0. The SMILES string of the molecule is COC(=O)c1ccc(C(=O)OC)c(NC(=O)COc2ccc(OC)cc2C=O)c1. The van der Waals surface area contributed by atoms with Crippen molar-refractivity contribution in [3.63, 3.8) is 0 Å². The number of amides is 1. The predicted octanol–water partition coefficient (Wildman–Crippen LogP) is 2.10. The first-order valence-corrected chi connectivity index (χ1v) is 8.30. The zero-order valence-electron chi connectivity index (χ0n) is 16.0. The molecule has 1 N–H and O–H groups in total. The van der Waals surface area contributed by atoms with Gasteiger partial charge in [-0.1, -0.05) is 0 Å². The van der Waals surface area contributed by atoms with Crippen molar-refractivity contribution in [3.8, 4) is 11.5 Å². The maximum Gasteiger partial charge on any atom is 0.339 e. The number of carbonyl (C=O) groups excluding carboxylic acids is 4. The number of hydrogen-bond acceptors (Lipinski definition) is 8. The standard InChI is InChI=1S/C20H19NO8/c1-26-14-5-7-17(13(8-14)10-22)29-11-18(23)21-16-9-12(19(24)27-2)4-6-15(16)20(25)28-3/h4-10H,11H2,1-3H3,(H,21,23). The summed E-state index contributed by atoms with van der Waals surface area (Å²) in [6.07, 6.45) is 0.574. The van der Waals surface area contributed by atoms with E-state index < -0.39 is 24.5 Å². The lowest BCUT2D eigenvalue weighted by Crippen LogP contribution is -2.22. The molecule has 2 aromatic carbocycles. The molecule has 29 heavy (non-hydrogen) atoms. The molecule has 0 aliphatic rings. The Morgan fingerprint density at radius 1 is 0.966 bits per heavy atom. The highest BCUT2D eigenvalue weighted by Gasteiger charge is 2.18. The third kappa shape index (κ3) is 5.32. The average Bonchev–Trinajstić information content (AvgIpc) is 2.76. The fraction of sp³-hybridized carbons (Fsp3) is 0.200. The quantitative estimate of drug-likeness (QED) is 0.528. The molecule has 0 aliphatic heterocycles. The van der Waals surface area contributed by atoms with Crippen molar-refractivity contribution in [2.75, 3.05) is 33.3 Å². The van der Waals surface area contributed by atoms with Gasteiger partial charge in [-0.3, -0.25) is 9.59 Å². The summed E-state index contributed by atoms with van der Waals surface area (Å²) in [7, 11) is 3.86. The smallest absolute Gasteiger partial charge is 0.339 e. The van der Waals surface area contributed by atoms with E-state index in [1.807, 2.05) is 0 Å². The van der Waals surface area contributed by atoms with Crippen molar-refractivity contribution < 1.29 is 38.1 Å². The van der Waals surface area contributed by atoms with E-state index in [-0.39, 0.29) is 28.1 Å². The second-order valence-electron chi connectivity index (χ2n) is 5.60. The predicted molar refractivity (Wildman–Crippen MR) is 102 cm³/mol. The van der Waals surface area contributed by atoms with E-state index in [4.69, 9.17) is 9.47 Å². The molecule has 0 saturated carbocycles. The summed E-state index contributed by atoms with van der Waals surface area (Å²) < 4.78 is 19.7. The van der Waals surface area contributed by atoms with Crippen LogP contribution in [0.5, 0.6) is 11.5 Å². The van der Waals surface area contributed by atoms with E-state index in [1.54, 1.807) is 6.07 Å². The molecule has 9 heteroatoms. The number of nitrogens with one attached hydrogen (secondary N) is 1. The van der Waals surface area contributed by atoms with Gasteiger partial charge in [-0.25, -0.2) is 9.59 Å². The number of methoxy groups -OCH3 is 3. The van der Waals surface area contributed by atoms with Crippen molar-refractivity contribution in [2.24, 2.45) is 0 Å². The highest BCUT2D eigenvalue weighted by Crippen LogP contribution is 2.23. The van der Waals surface area contributed by atoms with Crippen LogP contribution in [0.1, 0.15) is 31.1 Å². The maximum atomic E-state index is 12.3. The molecule has 0 atom stereocenters. The van der Waals surface area contributed by atoms with Gasteiger partial charge in [-0.2, -0.15) is 0 Å². The van der Waals surface area contributed by atoms with Gasteiger partial charge < -0.3 is 24.3 Å². The molecule has 0 aromatic heterocycles. The number of esters is 2. The van der Waals surface area contributed by atoms with Crippen LogP contribution in [0.15, 0.2) is 36.4 Å². The minimum Gasteiger partial charge on any atom is -0.497 e. The van der Waals surface area contributed by atoms with Gasteiger partial charge in [0.2, 0.25) is 0 Å². The van der Waals surface area contributed by atoms with Gasteiger partial charge in [0.15, 0.2) is 12.9 Å². The Labute approximate surface area is 166 Å². The van der Waals surface area contributed by atoms with E-state index in [2.05, 4.69) is 14.8 Å². The first kappa shape index (κ1) is 21.4. The minimum atomic E-state index is -0.698. The summed E-state index contributed by atoms with van der Waals surface area (Å²) in [5.74, 6) is -1.30. The van der Waals surface area contributed by atoms with E-state index in [0.29, 0.717) is 12.0 Å². The zero-order chi connectivity index (χ0) is 21.4. The summed E-state index contributed by atoms with van der Waals surface area (Å²) in [5, 5.41) is 2.49. The van der Waals surface area contributed by atoms with Crippen molar-refractivity contribution in [1.82, 2.24) is 0 Å². The molecule has 0 fully saturated rings. The van der Waals surface area contributed by atoms with Crippen LogP contribution in [0.25, 0.3) is 0 Å². The van der Waals surface area contributed by atoms with E-state index in [9.17, 15) is 19.2 Å². The van der Waals surface area contributed by atoms with E-state index in [0.717, 1.165) is 0 Å². The van der Waals surface area contributed by atoms with Gasteiger partial charge in [0.25, 0.3) is 5.91 Å². The number of benzene rings is 2. The van der Waals surface area contributed by atoms with Crippen LogP contribution in [-0.4, -0.2) is 52.1 Å². The Balaban J connectivity index is 2.18. The van der Waals surface area contributed by atoms with Crippen LogP contribution < -0.4 is 14.8 Å². The van der Waals surface area contributed by atoms with Crippen molar-refractivity contribution in [1.29, 1.82) is 0 Å². The summed E-state index contributed by atoms with van der Waals surface area (Å²) in [5.41, 5.74) is 0.445. The summed E-state index contributed by atoms with van der Waals surface area (Å²) in [6.45, 7) is -0.448. The number of aldehydes is 1. The van der Waals surface area contributed by atoms with Crippen LogP contribution in [0, 0.1) is 0 Å². The molecule has 2 aromatic rings. The number of ether oxygens (including phenoxy) is 4. The highest BCUT2D eigenvalue weighted by molar-refractivity contribution is 6.03. The molecule has 0 saturated heterocycles. The van der Waals surface area contributed by atoms with Crippen molar-refractivity contribution >= 4 is 29.8 Å². The Morgan fingerprint density at radius 2 is 1.69 bits per heavy atom. The third-order valence-electron chi connectivity index (χ3n) is 3.82. The third-order valence-corrected chi connectivity index (χ3v) is 3.82. The maximum absolute atomic E-state index is 12.3. The van der Waals surface area contributed by atoms with Gasteiger partial charge in [0.05, 0.1) is 43.7 Å². The summed E-state index contributed by atoms with van der Waals surface area (Å²) >= 11 is 0. The van der Waals surface area contributed by atoms with Gasteiger partial charge in [0, 0.05) is 0 Å². The first-order chi connectivity index (χ1) is 13.9.